The van der Waals surface area contributed by atoms with Gasteiger partial charge >= 0.3 is 0 Å². The molecule has 1 atom stereocenters. The van der Waals surface area contributed by atoms with Crippen LogP contribution in [0.3, 0.4) is 0 Å². The molecule has 1 amide bonds. The van der Waals surface area contributed by atoms with Crippen LogP contribution in [-0.2, 0) is 0 Å². The minimum absolute atomic E-state index is 0.132. The Morgan fingerprint density at radius 1 is 1.40 bits per heavy atom. The summed E-state index contributed by atoms with van der Waals surface area (Å²) in [5, 5.41) is 20.4. The number of aliphatic hydroxyl groups excluding tert-OH is 1. The number of nitrogens with one attached hydrogen (secondary N) is 1. The number of β-amino-alcohol motifs (C(OH)–C–C–N with tert-alkyl or cyclic N) is 1. The van der Waals surface area contributed by atoms with Crippen molar-refractivity contribution >= 4 is 16.8 Å². The van der Waals surface area contributed by atoms with Gasteiger partial charge in [0.1, 0.15) is 11.3 Å². The van der Waals surface area contributed by atoms with E-state index in [2.05, 4.69) is 4.98 Å². The van der Waals surface area contributed by atoms with E-state index >= 15 is 0 Å². The van der Waals surface area contributed by atoms with E-state index in [1.54, 1.807) is 4.90 Å². The van der Waals surface area contributed by atoms with Crippen molar-refractivity contribution in [3.8, 4) is 0 Å². The van der Waals surface area contributed by atoms with Crippen molar-refractivity contribution in [2.75, 3.05) is 19.7 Å². The predicted molar refractivity (Wildman–Crippen MR) is 75.5 cm³/mol. The van der Waals surface area contributed by atoms with Crippen LogP contribution >= 0.6 is 0 Å². The molecule has 1 aromatic heterocycles. The molecule has 1 aliphatic heterocycles. The van der Waals surface area contributed by atoms with Gasteiger partial charge < -0.3 is 20.1 Å². The number of aliphatic hydroxyl groups is 2. The fourth-order valence-electron chi connectivity index (χ4n) is 2.77. The van der Waals surface area contributed by atoms with Crippen LogP contribution < -0.4 is 0 Å². The lowest BCUT2D eigenvalue weighted by molar-refractivity contribution is -0.0599. The van der Waals surface area contributed by atoms with Crippen LogP contribution in [0.25, 0.3) is 10.9 Å². The first-order valence-electron chi connectivity index (χ1n) is 6.82. The smallest absolute Gasteiger partial charge is 0.270 e. The molecule has 0 aliphatic carbocycles. The summed E-state index contributed by atoms with van der Waals surface area (Å²) >= 11 is 0. The highest BCUT2D eigenvalue weighted by Crippen LogP contribution is 2.23. The molecule has 0 saturated carbocycles. The van der Waals surface area contributed by atoms with Gasteiger partial charge in [0.25, 0.3) is 5.91 Å². The number of likely N-dealkylation sites (tertiary alicyclic amines) is 1. The molecule has 1 aromatic carbocycles. The number of nitrogens with zero attached hydrogens (tertiary/aromatic N) is 1. The number of hydrogen-bond donors (Lipinski definition) is 3. The second kappa shape index (κ2) is 4.92. The number of para-hydroxylation sites is 1. The van der Waals surface area contributed by atoms with Crippen molar-refractivity contribution in [3.05, 3.63) is 36.0 Å². The number of carbonyl (C=O) groups is 1. The highest BCUT2D eigenvalue weighted by atomic mass is 16.3. The number of hydrogen-bond acceptors (Lipinski definition) is 3. The van der Waals surface area contributed by atoms with Crippen LogP contribution in [0.2, 0.25) is 0 Å². The van der Waals surface area contributed by atoms with E-state index in [9.17, 15) is 15.0 Å². The average molecular weight is 274 g/mol. The van der Waals surface area contributed by atoms with Crippen LogP contribution in [0.15, 0.2) is 30.3 Å². The van der Waals surface area contributed by atoms with Crippen molar-refractivity contribution < 1.29 is 15.0 Å². The van der Waals surface area contributed by atoms with Gasteiger partial charge in [0.2, 0.25) is 0 Å². The molecular weight excluding hydrogens is 256 g/mol. The fraction of sp³-hybridized carbons (Fsp3) is 0.400. The number of benzene rings is 1. The van der Waals surface area contributed by atoms with E-state index in [1.165, 1.54) is 0 Å². The summed E-state index contributed by atoms with van der Waals surface area (Å²) in [5.74, 6) is -0.132. The van der Waals surface area contributed by atoms with E-state index in [0.29, 0.717) is 25.1 Å². The Bertz CT molecular complexity index is 604. The fourth-order valence-corrected chi connectivity index (χ4v) is 2.77. The van der Waals surface area contributed by atoms with E-state index in [1.807, 2.05) is 30.3 Å². The van der Waals surface area contributed by atoms with Gasteiger partial charge in [-0.05, 0) is 25.0 Å². The first-order valence-corrected chi connectivity index (χ1v) is 6.82. The van der Waals surface area contributed by atoms with Crippen molar-refractivity contribution in [3.63, 3.8) is 0 Å². The van der Waals surface area contributed by atoms with Gasteiger partial charge in [-0.15, -0.1) is 0 Å². The Kier molecular flexibility index (Phi) is 3.23. The first kappa shape index (κ1) is 13.1. The van der Waals surface area contributed by atoms with E-state index in [4.69, 9.17) is 0 Å². The summed E-state index contributed by atoms with van der Waals surface area (Å²) in [6, 6.07) is 9.54. The molecule has 1 aliphatic rings. The second-order valence-corrected chi connectivity index (χ2v) is 5.48. The molecule has 3 N–H and O–H groups in total. The molecule has 1 saturated heterocycles. The summed E-state index contributed by atoms with van der Waals surface area (Å²) in [4.78, 5) is 17.2. The summed E-state index contributed by atoms with van der Waals surface area (Å²) in [7, 11) is 0. The van der Waals surface area contributed by atoms with E-state index < -0.39 is 5.60 Å². The minimum atomic E-state index is -1.17. The molecule has 2 aromatic rings. The Hall–Kier alpha value is -1.85. The van der Waals surface area contributed by atoms with Gasteiger partial charge in [-0.1, -0.05) is 18.2 Å². The van der Waals surface area contributed by atoms with Crippen LogP contribution in [0.1, 0.15) is 23.3 Å². The van der Waals surface area contributed by atoms with Crippen LogP contribution in [0.4, 0.5) is 0 Å². The second-order valence-electron chi connectivity index (χ2n) is 5.48. The molecule has 2 heterocycles. The summed E-state index contributed by atoms with van der Waals surface area (Å²) in [6.45, 7) is 0.470. The van der Waals surface area contributed by atoms with Crippen LogP contribution in [0.5, 0.6) is 0 Å². The maximum Gasteiger partial charge on any atom is 0.270 e. The number of aromatic amines is 1. The molecule has 106 valence electrons. The summed E-state index contributed by atoms with van der Waals surface area (Å²) in [6.07, 6.45) is 1.23. The molecule has 0 spiro atoms. The number of H-pyrrole nitrogens is 1. The van der Waals surface area contributed by atoms with Gasteiger partial charge in [0.15, 0.2) is 0 Å². The average Bonchev–Trinajstić information content (AvgIpc) is 2.90. The highest BCUT2D eigenvalue weighted by molar-refractivity contribution is 5.98. The molecule has 0 radical (unpaired) electrons. The minimum Gasteiger partial charge on any atom is -0.393 e. The predicted octanol–water partition coefficient (Wildman–Crippen LogP) is 1.13. The number of fused-ring (bicyclic) bond motifs is 1. The van der Waals surface area contributed by atoms with E-state index in [-0.39, 0.29) is 19.1 Å². The molecular formula is C15H18N2O3. The zero-order valence-electron chi connectivity index (χ0n) is 11.2. The standard InChI is InChI=1S/C15H18N2O3/c18-10-15(20)6-3-7-17(9-15)14(19)13-8-11-4-1-2-5-12(11)16-13/h1-2,4-5,8,16,18,20H,3,6-7,9-10H2/t15-/m1/s1. The Morgan fingerprint density at radius 2 is 2.20 bits per heavy atom. The quantitative estimate of drug-likeness (QED) is 0.768. The molecule has 1 fully saturated rings. The summed E-state index contributed by atoms with van der Waals surface area (Å²) < 4.78 is 0. The van der Waals surface area contributed by atoms with Gasteiger partial charge in [-0.2, -0.15) is 0 Å². The molecule has 0 unspecified atom stereocenters. The first-order chi connectivity index (χ1) is 9.61. The Labute approximate surface area is 116 Å². The van der Waals surface area contributed by atoms with Crippen molar-refractivity contribution in [2.45, 2.75) is 18.4 Å². The lowest BCUT2D eigenvalue weighted by Crippen LogP contribution is -2.52. The topological polar surface area (TPSA) is 76.6 Å². The largest absolute Gasteiger partial charge is 0.393 e. The monoisotopic (exact) mass is 274 g/mol. The third-order valence-corrected chi connectivity index (χ3v) is 3.90. The summed E-state index contributed by atoms with van der Waals surface area (Å²) in [5.41, 5.74) is 0.276. The Morgan fingerprint density at radius 3 is 2.95 bits per heavy atom. The van der Waals surface area contributed by atoms with Crippen molar-refractivity contribution in [2.24, 2.45) is 0 Å². The number of carbonyl (C=O) groups excluding carboxylic acids is 1. The normalized spacial score (nSPS) is 23.2. The SMILES string of the molecule is O=C(c1cc2ccccc2[nH]1)N1CCC[C@](O)(CO)C1. The maximum absolute atomic E-state index is 12.5. The lowest BCUT2D eigenvalue weighted by atomic mass is 9.93. The van der Waals surface area contributed by atoms with Crippen molar-refractivity contribution in [1.29, 1.82) is 0 Å². The zero-order chi connectivity index (χ0) is 14.2. The zero-order valence-corrected chi connectivity index (χ0v) is 11.2. The van der Waals surface area contributed by atoms with Crippen LogP contribution in [-0.4, -0.2) is 51.3 Å². The molecule has 0 bridgehead atoms. The number of amides is 1. The van der Waals surface area contributed by atoms with Gasteiger partial charge in [0, 0.05) is 17.4 Å². The Balaban J connectivity index is 1.84. The lowest BCUT2D eigenvalue weighted by Gasteiger charge is -2.37. The third kappa shape index (κ3) is 2.30. The van der Waals surface area contributed by atoms with Crippen LogP contribution in [0, 0.1) is 0 Å². The molecule has 5 nitrogen and oxygen atoms in total. The maximum atomic E-state index is 12.5. The van der Waals surface area contributed by atoms with Gasteiger partial charge in [-0.25, -0.2) is 0 Å². The molecule has 5 heteroatoms. The number of rotatable bonds is 2. The van der Waals surface area contributed by atoms with Crippen molar-refractivity contribution in [1.82, 2.24) is 9.88 Å². The van der Waals surface area contributed by atoms with Gasteiger partial charge in [0.05, 0.1) is 13.2 Å². The highest BCUT2D eigenvalue weighted by Gasteiger charge is 2.35. The van der Waals surface area contributed by atoms with Gasteiger partial charge in [-0.3, -0.25) is 4.79 Å². The van der Waals surface area contributed by atoms with E-state index in [0.717, 1.165) is 10.9 Å². The molecule has 3 rings (SSSR count). The third-order valence-electron chi connectivity index (χ3n) is 3.90. The number of piperidine rings is 1. The molecule has 20 heavy (non-hydrogen) atoms. The number of aromatic nitrogens is 1.